The summed E-state index contributed by atoms with van der Waals surface area (Å²) >= 11 is 5.98. The summed E-state index contributed by atoms with van der Waals surface area (Å²) in [6.07, 6.45) is -0.985. The fourth-order valence-electron chi connectivity index (χ4n) is 2.68. The molecule has 0 spiro atoms. The van der Waals surface area contributed by atoms with E-state index in [9.17, 15) is 9.59 Å². The van der Waals surface area contributed by atoms with Gasteiger partial charge in [0.1, 0.15) is 5.75 Å². The Morgan fingerprint density at radius 1 is 0.931 bits per heavy atom. The lowest BCUT2D eigenvalue weighted by atomic mass is 10.0. The van der Waals surface area contributed by atoms with Gasteiger partial charge in [0.15, 0.2) is 12.7 Å². The molecule has 1 N–H and O–H groups in total. The van der Waals surface area contributed by atoms with Crippen molar-refractivity contribution in [2.75, 3.05) is 11.9 Å². The molecular formula is C23H20ClNO4. The summed E-state index contributed by atoms with van der Waals surface area (Å²) in [7, 11) is 0. The van der Waals surface area contributed by atoms with Gasteiger partial charge in [-0.15, -0.1) is 0 Å². The van der Waals surface area contributed by atoms with Crippen molar-refractivity contribution in [2.45, 2.75) is 13.0 Å². The normalized spacial score (nSPS) is 11.4. The molecule has 0 radical (unpaired) electrons. The zero-order valence-corrected chi connectivity index (χ0v) is 16.6. The molecular weight excluding hydrogens is 390 g/mol. The van der Waals surface area contributed by atoms with Gasteiger partial charge in [0, 0.05) is 11.3 Å². The van der Waals surface area contributed by atoms with Crippen molar-refractivity contribution in [3.8, 4) is 16.9 Å². The molecule has 0 unspecified atom stereocenters. The Morgan fingerprint density at radius 3 is 2.34 bits per heavy atom. The molecule has 0 saturated carbocycles. The van der Waals surface area contributed by atoms with Crippen LogP contribution in [0, 0.1) is 0 Å². The van der Waals surface area contributed by atoms with E-state index in [0.717, 1.165) is 11.1 Å². The highest BCUT2D eigenvalue weighted by molar-refractivity contribution is 6.32. The lowest BCUT2D eigenvalue weighted by molar-refractivity contribution is -0.155. The molecule has 6 heteroatoms. The van der Waals surface area contributed by atoms with Crippen LogP contribution >= 0.6 is 11.6 Å². The Bertz CT molecular complexity index is 991. The average Bonchev–Trinajstić information content (AvgIpc) is 2.74. The van der Waals surface area contributed by atoms with Crippen LogP contribution in [-0.2, 0) is 14.3 Å². The number of para-hydroxylation sites is 2. The number of esters is 1. The monoisotopic (exact) mass is 409 g/mol. The van der Waals surface area contributed by atoms with E-state index in [2.05, 4.69) is 5.32 Å². The quantitative estimate of drug-likeness (QED) is 0.560. The van der Waals surface area contributed by atoms with Gasteiger partial charge >= 0.3 is 5.97 Å². The number of carbonyl (C=O) groups excluding carboxylic acids is 2. The van der Waals surface area contributed by atoms with Crippen LogP contribution in [0.2, 0.25) is 5.02 Å². The zero-order valence-electron chi connectivity index (χ0n) is 15.8. The van der Waals surface area contributed by atoms with E-state index in [1.54, 1.807) is 30.3 Å². The fraction of sp³-hybridized carbons (Fsp3) is 0.130. The summed E-state index contributed by atoms with van der Waals surface area (Å²) in [5.74, 6) is -0.719. The van der Waals surface area contributed by atoms with Crippen LogP contribution in [-0.4, -0.2) is 24.6 Å². The molecule has 5 nitrogen and oxygen atoms in total. The van der Waals surface area contributed by atoms with Gasteiger partial charge in [-0.3, -0.25) is 4.79 Å². The Balaban J connectivity index is 1.59. The second-order valence-corrected chi connectivity index (χ2v) is 6.66. The van der Waals surface area contributed by atoms with E-state index >= 15 is 0 Å². The van der Waals surface area contributed by atoms with Crippen molar-refractivity contribution in [2.24, 2.45) is 0 Å². The number of nitrogens with one attached hydrogen (secondary N) is 1. The van der Waals surface area contributed by atoms with Crippen LogP contribution in [0.1, 0.15) is 6.92 Å². The van der Waals surface area contributed by atoms with Gasteiger partial charge in [0.2, 0.25) is 0 Å². The van der Waals surface area contributed by atoms with Gasteiger partial charge in [-0.25, -0.2) is 4.79 Å². The first kappa shape index (κ1) is 20.4. The van der Waals surface area contributed by atoms with Crippen LogP contribution in [0.25, 0.3) is 11.1 Å². The molecule has 0 aliphatic carbocycles. The first-order chi connectivity index (χ1) is 14.0. The first-order valence-electron chi connectivity index (χ1n) is 9.06. The molecule has 0 heterocycles. The zero-order chi connectivity index (χ0) is 20.6. The van der Waals surface area contributed by atoms with E-state index in [-0.39, 0.29) is 6.61 Å². The molecule has 29 heavy (non-hydrogen) atoms. The Hall–Kier alpha value is -3.31. The van der Waals surface area contributed by atoms with E-state index in [1.165, 1.54) is 6.92 Å². The summed E-state index contributed by atoms with van der Waals surface area (Å²) in [6, 6.07) is 23.9. The molecule has 0 aromatic heterocycles. The number of anilines is 1. The predicted molar refractivity (Wildman–Crippen MR) is 113 cm³/mol. The second-order valence-electron chi connectivity index (χ2n) is 6.25. The first-order valence-corrected chi connectivity index (χ1v) is 9.44. The van der Waals surface area contributed by atoms with Gasteiger partial charge in [0.25, 0.3) is 5.91 Å². The molecule has 0 aliphatic rings. The second kappa shape index (κ2) is 9.75. The topological polar surface area (TPSA) is 64.6 Å². The Labute approximate surface area is 174 Å². The Kier molecular flexibility index (Phi) is 6.87. The van der Waals surface area contributed by atoms with Crippen LogP contribution in [0.15, 0.2) is 78.9 Å². The van der Waals surface area contributed by atoms with Crippen LogP contribution in [0.5, 0.6) is 5.75 Å². The van der Waals surface area contributed by atoms with Gasteiger partial charge < -0.3 is 14.8 Å². The van der Waals surface area contributed by atoms with Gasteiger partial charge in [-0.1, -0.05) is 72.3 Å². The van der Waals surface area contributed by atoms with Gasteiger partial charge in [-0.05, 0) is 30.7 Å². The number of halogens is 1. The molecule has 1 amide bonds. The van der Waals surface area contributed by atoms with Crippen molar-refractivity contribution >= 4 is 29.2 Å². The van der Waals surface area contributed by atoms with E-state index in [0.29, 0.717) is 16.5 Å². The molecule has 0 aliphatic heterocycles. The average molecular weight is 410 g/mol. The molecule has 3 aromatic carbocycles. The van der Waals surface area contributed by atoms with Crippen LogP contribution < -0.4 is 10.1 Å². The maximum atomic E-state index is 12.5. The third-order valence-corrected chi connectivity index (χ3v) is 4.44. The van der Waals surface area contributed by atoms with E-state index < -0.39 is 18.0 Å². The molecule has 0 fully saturated rings. The van der Waals surface area contributed by atoms with Gasteiger partial charge in [-0.2, -0.15) is 0 Å². The highest BCUT2D eigenvalue weighted by atomic mass is 35.5. The number of carbonyl (C=O) groups is 2. The van der Waals surface area contributed by atoms with Crippen molar-refractivity contribution in [3.63, 3.8) is 0 Å². The molecule has 3 aromatic rings. The highest BCUT2D eigenvalue weighted by Gasteiger charge is 2.19. The molecule has 0 bridgehead atoms. The molecule has 148 valence electrons. The predicted octanol–water partition coefficient (Wildman–Crippen LogP) is 4.96. The lowest BCUT2D eigenvalue weighted by Gasteiger charge is -2.16. The highest BCUT2D eigenvalue weighted by Crippen LogP contribution is 2.27. The summed E-state index contributed by atoms with van der Waals surface area (Å²) in [4.78, 5) is 24.5. The van der Waals surface area contributed by atoms with Crippen molar-refractivity contribution in [1.82, 2.24) is 0 Å². The number of hydrogen-bond acceptors (Lipinski definition) is 4. The number of rotatable bonds is 7. The summed E-state index contributed by atoms with van der Waals surface area (Å²) < 4.78 is 10.5. The standard InChI is InChI=1S/C23H20ClNO4/c1-16(29-22(26)15-28-21-14-8-6-12-19(21)24)23(27)25-20-13-7-5-11-18(20)17-9-3-2-4-10-17/h2-14,16H,15H2,1H3,(H,25,27)/t16-/m1/s1. The maximum Gasteiger partial charge on any atom is 0.344 e. The van der Waals surface area contributed by atoms with Crippen molar-refractivity contribution in [3.05, 3.63) is 83.9 Å². The van der Waals surface area contributed by atoms with Crippen molar-refractivity contribution in [1.29, 1.82) is 0 Å². The van der Waals surface area contributed by atoms with Crippen molar-refractivity contribution < 1.29 is 19.1 Å². The SMILES string of the molecule is C[C@@H](OC(=O)COc1ccccc1Cl)C(=O)Nc1ccccc1-c1ccccc1. The smallest absolute Gasteiger partial charge is 0.344 e. The van der Waals surface area contributed by atoms with Gasteiger partial charge in [0.05, 0.1) is 5.02 Å². The lowest BCUT2D eigenvalue weighted by Crippen LogP contribution is -2.31. The summed E-state index contributed by atoms with van der Waals surface area (Å²) in [5.41, 5.74) is 2.49. The minimum atomic E-state index is -0.985. The number of ether oxygens (including phenoxy) is 2. The Morgan fingerprint density at radius 2 is 1.59 bits per heavy atom. The maximum absolute atomic E-state index is 12.5. The molecule has 1 atom stereocenters. The van der Waals surface area contributed by atoms with Crippen LogP contribution in [0.3, 0.4) is 0 Å². The molecule has 3 rings (SSSR count). The largest absolute Gasteiger partial charge is 0.480 e. The van der Waals surface area contributed by atoms with Crippen LogP contribution in [0.4, 0.5) is 5.69 Å². The number of amides is 1. The summed E-state index contributed by atoms with van der Waals surface area (Å²) in [6.45, 7) is 1.16. The minimum Gasteiger partial charge on any atom is -0.480 e. The van der Waals surface area contributed by atoms with E-state index in [4.69, 9.17) is 21.1 Å². The molecule has 0 saturated heterocycles. The third kappa shape index (κ3) is 5.59. The fourth-order valence-corrected chi connectivity index (χ4v) is 2.87. The number of benzene rings is 3. The third-order valence-electron chi connectivity index (χ3n) is 4.13. The summed E-state index contributed by atoms with van der Waals surface area (Å²) in [5, 5.41) is 3.21. The number of hydrogen-bond donors (Lipinski definition) is 1. The minimum absolute atomic E-state index is 0.345. The van der Waals surface area contributed by atoms with E-state index in [1.807, 2.05) is 48.5 Å².